The number of hydrogen-bond acceptors (Lipinski definition) is 5. The topological polar surface area (TPSA) is 87.2 Å². The van der Waals surface area contributed by atoms with Crippen LogP contribution in [-0.2, 0) is 24.3 Å². The van der Waals surface area contributed by atoms with Gasteiger partial charge in [-0.15, -0.1) is 0 Å². The maximum Gasteiger partial charge on any atom is 0.255 e. The molecule has 2 aliphatic rings. The summed E-state index contributed by atoms with van der Waals surface area (Å²) in [5.74, 6) is -0.209. The van der Waals surface area contributed by atoms with E-state index >= 15 is 0 Å². The van der Waals surface area contributed by atoms with Crippen LogP contribution in [-0.4, -0.2) is 92.1 Å². The first-order valence-electron chi connectivity index (χ1n) is 7.77. The lowest BCUT2D eigenvalue weighted by Crippen LogP contribution is -2.60. The fraction of sp³-hybridized carbons (Fsp3) is 0.857. The third-order valence-electron chi connectivity index (χ3n) is 4.39. The molecule has 0 radical (unpaired) electrons. The van der Waals surface area contributed by atoms with Crippen molar-refractivity contribution in [3.8, 4) is 0 Å². The van der Waals surface area contributed by atoms with Crippen LogP contribution >= 0.6 is 0 Å². The number of sulfonamides is 1. The number of morpholine rings is 1. The van der Waals surface area contributed by atoms with Gasteiger partial charge in [-0.25, -0.2) is 8.42 Å². The lowest BCUT2D eigenvalue weighted by molar-refractivity contribution is -0.163. The second-order valence-corrected chi connectivity index (χ2v) is 8.31. The highest BCUT2D eigenvalue weighted by Crippen LogP contribution is 2.23. The monoisotopic (exact) mass is 347 g/mol. The van der Waals surface area contributed by atoms with Gasteiger partial charge in [0.25, 0.3) is 5.91 Å². The van der Waals surface area contributed by atoms with Gasteiger partial charge in [-0.2, -0.15) is 4.31 Å². The van der Waals surface area contributed by atoms with E-state index < -0.39 is 15.6 Å². The predicted octanol–water partition coefficient (Wildman–Crippen LogP) is -0.882. The van der Waals surface area contributed by atoms with Crippen LogP contribution in [0, 0.1) is 0 Å². The van der Waals surface area contributed by atoms with Crippen molar-refractivity contribution in [3.63, 3.8) is 0 Å². The number of carbonyl (C=O) groups excluding carboxylic acids is 2. The maximum absolute atomic E-state index is 12.9. The van der Waals surface area contributed by atoms with Gasteiger partial charge in [0.05, 0.1) is 19.4 Å². The Labute approximate surface area is 137 Å². The van der Waals surface area contributed by atoms with Crippen LogP contribution < -0.4 is 0 Å². The van der Waals surface area contributed by atoms with Crippen molar-refractivity contribution in [2.45, 2.75) is 25.9 Å². The van der Waals surface area contributed by atoms with E-state index in [1.807, 2.05) is 0 Å². The molecule has 2 saturated heterocycles. The van der Waals surface area contributed by atoms with E-state index in [0.29, 0.717) is 32.6 Å². The van der Waals surface area contributed by atoms with E-state index in [4.69, 9.17) is 4.74 Å². The first-order chi connectivity index (χ1) is 10.6. The van der Waals surface area contributed by atoms with Gasteiger partial charge in [-0.3, -0.25) is 9.59 Å². The molecule has 2 fully saturated rings. The van der Waals surface area contributed by atoms with Crippen molar-refractivity contribution >= 4 is 21.8 Å². The molecule has 2 aliphatic heterocycles. The van der Waals surface area contributed by atoms with Gasteiger partial charge in [-0.1, -0.05) is 0 Å². The normalized spacial score (nSPS) is 27.6. The van der Waals surface area contributed by atoms with E-state index in [9.17, 15) is 18.0 Å². The summed E-state index contributed by atoms with van der Waals surface area (Å²) in [6.45, 7) is 5.75. The molecule has 0 aromatic rings. The van der Waals surface area contributed by atoms with Crippen LogP contribution in [0.2, 0.25) is 0 Å². The SMILES string of the molecule is CC(=O)N1CCCN(C(=O)[C@]2(C)CN(S(C)(=O)=O)CCO2)CC1. The number of hydrogen-bond donors (Lipinski definition) is 0. The maximum atomic E-state index is 12.9. The molecule has 9 heteroatoms. The van der Waals surface area contributed by atoms with E-state index in [1.54, 1.807) is 16.7 Å². The van der Waals surface area contributed by atoms with E-state index in [1.165, 1.54) is 11.2 Å². The molecule has 23 heavy (non-hydrogen) atoms. The Morgan fingerprint density at radius 3 is 2.26 bits per heavy atom. The molecule has 0 saturated carbocycles. The summed E-state index contributed by atoms with van der Waals surface area (Å²) in [4.78, 5) is 27.7. The molecule has 2 rings (SSSR count). The molecule has 0 aromatic heterocycles. The van der Waals surface area contributed by atoms with Gasteiger partial charge >= 0.3 is 0 Å². The van der Waals surface area contributed by atoms with Crippen LogP contribution in [0.15, 0.2) is 0 Å². The van der Waals surface area contributed by atoms with Crippen molar-refractivity contribution in [3.05, 3.63) is 0 Å². The van der Waals surface area contributed by atoms with Crippen LogP contribution in [0.25, 0.3) is 0 Å². The lowest BCUT2D eigenvalue weighted by atomic mass is 10.0. The predicted molar refractivity (Wildman–Crippen MR) is 84.2 cm³/mol. The van der Waals surface area contributed by atoms with Gasteiger partial charge in [0, 0.05) is 39.6 Å². The van der Waals surface area contributed by atoms with Crippen molar-refractivity contribution in [2.75, 3.05) is 52.1 Å². The minimum absolute atomic E-state index is 0.00248. The number of carbonyl (C=O) groups is 2. The fourth-order valence-corrected chi connectivity index (χ4v) is 3.90. The second-order valence-electron chi connectivity index (χ2n) is 6.33. The van der Waals surface area contributed by atoms with E-state index in [-0.39, 0.29) is 31.5 Å². The van der Waals surface area contributed by atoms with Crippen molar-refractivity contribution in [1.29, 1.82) is 0 Å². The molecular weight excluding hydrogens is 322 g/mol. The van der Waals surface area contributed by atoms with Gasteiger partial charge in [0.1, 0.15) is 0 Å². The minimum atomic E-state index is -3.36. The number of amides is 2. The van der Waals surface area contributed by atoms with E-state index in [2.05, 4.69) is 0 Å². The average molecular weight is 347 g/mol. The Balaban J connectivity index is 2.08. The lowest BCUT2D eigenvalue weighted by Gasteiger charge is -2.40. The van der Waals surface area contributed by atoms with Crippen LogP contribution in [0.3, 0.4) is 0 Å². The first-order valence-corrected chi connectivity index (χ1v) is 9.62. The molecule has 0 aromatic carbocycles. The molecule has 2 amide bonds. The fourth-order valence-electron chi connectivity index (χ4n) is 3.02. The highest BCUT2D eigenvalue weighted by molar-refractivity contribution is 7.88. The summed E-state index contributed by atoms with van der Waals surface area (Å²) < 4.78 is 30.4. The van der Waals surface area contributed by atoms with Crippen LogP contribution in [0.4, 0.5) is 0 Å². The largest absolute Gasteiger partial charge is 0.363 e. The highest BCUT2D eigenvalue weighted by Gasteiger charge is 2.44. The Morgan fingerprint density at radius 1 is 1.04 bits per heavy atom. The summed E-state index contributed by atoms with van der Waals surface area (Å²) in [6, 6.07) is 0. The zero-order valence-electron chi connectivity index (χ0n) is 13.9. The van der Waals surface area contributed by atoms with Crippen molar-refractivity contribution < 1.29 is 22.7 Å². The molecule has 0 bridgehead atoms. The molecule has 132 valence electrons. The Kier molecular flexibility index (Phi) is 5.32. The second kappa shape index (κ2) is 6.74. The molecular formula is C14H25N3O5S. The van der Waals surface area contributed by atoms with E-state index in [0.717, 1.165) is 6.26 Å². The van der Waals surface area contributed by atoms with Crippen molar-refractivity contribution in [1.82, 2.24) is 14.1 Å². The Bertz CT molecular complexity index is 579. The highest BCUT2D eigenvalue weighted by atomic mass is 32.2. The first kappa shape index (κ1) is 18.2. The summed E-state index contributed by atoms with van der Waals surface area (Å²) in [7, 11) is -3.36. The smallest absolute Gasteiger partial charge is 0.255 e. The summed E-state index contributed by atoms with van der Waals surface area (Å²) >= 11 is 0. The minimum Gasteiger partial charge on any atom is -0.363 e. The third-order valence-corrected chi connectivity index (χ3v) is 5.64. The number of rotatable bonds is 2. The average Bonchev–Trinajstić information content (AvgIpc) is 2.71. The third kappa shape index (κ3) is 4.21. The zero-order valence-corrected chi connectivity index (χ0v) is 14.8. The number of ether oxygens (including phenoxy) is 1. The van der Waals surface area contributed by atoms with Gasteiger partial charge in [-0.05, 0) is 13.3 Å². The zero-order chi connectivity index (χ0) is 17.3. The Morgan fingerprint density at radius 2 is 1.65 bits per heavy atom. The van der Waals surface area contributed by atoms with Crippen molar-refractivity contribution in [2.24, 2.45) is 0 Å². The summed E-state index contributed by atoms with van der Waals surface area (Å²) in [5, 5.41) is 0. The molecule has 1 atom stereocenters. The van der Waals surface area contributed by atoms with Gasteiger partial charge in [0.2, 0.25) is 15.9 Å². The molecule has 0 N–H and O–H groups in total. The molecule has 2 heterocycles. The quantitative estimate of drug-likeness (QED) is 0.647. The molecule has 0 unspecified atom stereocenters. The summed E-state index contributed by atoms with van der Waals surface area (Å²) in [6.07, 6.45) is 1.84. The summed E-state index contributed by atoms with van der Waals surface area (Å²) in [5.41, 5.74) is -1.17. The van der Waals surface area contributed by atoms with Gasteiger partial charge < -0.3 is 14.5 Å². The Hall–Kier alpha value is -1.19. The van der Waals surface area contributed by atoms with Crippen LogP contribution in [0.5, 0.6) is 0 Å². The van der Waals surface area contributed by atoms with Gasteiger partial charge in [0.15, 0.2) is 5.60 Å². The number of nitrogens with zero attached hydrogens (tertiary/aromatic N) is 3. The molecule has 0 spiro atoms. The van der Waals surface area contributed by atoms with Crippen LogP contribution in [0.1, 0.15) is 20.3 Å². The molecule has 0 aliphatic carbocycles. The molecule has 8 nitrogen and oxygen atoms in total. The standard InChI is InChI=1S/C14H25N3O5S/c1-12(18)15-5-4-6-16(8-7-15)13(19)14(2)11-17(9-10-22-14)23(3,20)21/h4-11H2,1-3H3/t14-/m0/s1.